The van der Waals surface area contributed by atoms with E-state index in [0.717, 1.165) is 40.6 Å². The molecule has 1 aromatic carbocycles. The SMILES string of the molecule is Cc1cc(C)c2c(C(=O)N(C)c3ncccn3)cc(C3CC3)nc2c1. The third-order valence-corrected chi connectivity index (χ3v) is 4.65. The Morgan fingerprint density at radius 1 is 1.12 bits per heavy atom. The number of fused-ring (bicyclic) bond motifs is 1. The molecule has 2 aromatic heterocycles. The third-order valence-electron chi connectivity index (χ3n) is 4.65. The van der Waals surface area contributed by atoms with E-state index >= 15 is 0 Å². The van der Waals surface area contributed by atoms with Gasteiger partial charge >= 0.3 is 0 Å². The predicted molar refractivity (Wildman–Crippen MR) is 98.0 cm³/mol. The molecule has 5 heteroatoms. The van der Waals surface area contributed by atoms with Crippen molar-refractivity contribution in [2.75, 3.05) is 11.9 Å². The number of rotatable bonds is 3. The van der Waals surface area contributed by atoms with Crippen molar-refractivity contribution in [1.82, 2.24) is 15.0 Å². The molecule has 0 spiro atoms. The summed E-state index contributed by atoms with van der Waals surface area (Å²) in [6, 6.07) is 7.85. The first-order valence-corrected chi connectivity index (χ1v) is 8.51. The van der Waals surface area contributed by atoms with Gasteiger partial charge < -0.3 is 0 Å². The summed E-state index contributed by atoms with van der Waals surface area (Å²) in [6.45, 7) is 4.09. The third kappa shape index (κ3) is 2.86. The van der Waals surface area contributed by atoms with Crippen molar-refractivity contribution in [2.45, 2.75) is 32.6 Å². The van der Waals surface area contributed by atoms with E-state index in [1.807, 2.05) is 13.0 Å². The normalized spacial score (nSPS) is 13.9. The van der Waals surface area contributed by atoms with Crippen LogP contribution in [0.1, 0.15) is 45.9 Å². The molecule has 0 N–H and O–H groups in total. The molecule has 0 aliphatic heterocycles. The lowest BCUT2D eigenvalue weighted by Gasteiger charge is -2.18. The largest absolute Gasteiger partial charge is 0.280 e. The van der Waals surface area contributed by atoms with Gasteiger partial charge in [0.25, 0.3) is 5.91 Å². The average molecular weight is 332 g/mol. The fourth-order valence-electron chi connectivity index (χ4n) is 3.27. The monoisotopic (exact) mass is 332 g/mol. The van der Waals surface area contributed by atoms with Gasteiger partial charge in [-0.05, 0) is 56.0 Å². The van der Waals surface area contributed by atoms with E-state index in [9.17, 15) is 4.79 Å². The van der Waals surface area contributed by atoms with Crippen molar-refractivity contribution in [3.63, 3.8) is 0 Å². The van der Waals surface area contributed by atoms with Gasteiger partial charge in [0.1, 0.15) is 0 Å². The smallest absolute Gasteiger partial charge is 0.261 e. The quantitative estimate of drug-likeness (QED) is 0.732. The van der Waals surface area contributed by atoms with Gasteiger partial charge in [-0.3, -0.25) is 14.7 Å². The maximum absolute atomic E-state index is 13.2. The van der Waals surface area contributed by atoms with Crippen LogP contribution in [-0.4, -0.2) is 27.9 Å². The number of amides is 1. The molecule has 5 nitrogen and oxygen atoms in total. The Morgan fingerprint density at radius 3 is 2.52 bits per heavy atom. The van der Waals surface area contributed by atoms with Gasteiger partial charge in [-0.1, -0.05) is 6.07 Å². The van der Waals surface area contributed by atoms with Crippen LogP contribution < -0.4 is 4.90 Å². The molecular formula is C20H20N4O. The van der Waals surface area contributed by atoms with Crippen LogP contribution in [0, 0.1) is 13.8 Å². The molecule has 0 bridgehead atoms. The molecule has 1 fully saturated rings. The van der Waals surface area contributed by atoms with E-state index < -0.39 is 0 Å². The second kappa shape index (κ2) is 5.92. The van der Waals surface area contributed by atoms with Gasteiger partial charge in [0.15, 0.2) is 0 Å². The Balaban J connectivity index is 1.89. The van der Waals surface area contributed by atoms with Crippen molar-refractivity contribution in [2.24, 2.45) is 0 Å². The average Bonchev–Trinajstić information content (AvgIpc) is 3.45. The maximum Gasteiger partial charge on any atom is 0.261 e. The number of hydrogen-bond acceptors (Lipinski definition) is 4. The number of carbonyl (C=O) groups is 1. The molecule has 4 rings (SSSR count). The highest BCUT2D eigenvalue weighted by molar-refractivity contribution is 6.13. The molecular weight excluding hydrogens is 312 g/mol. The molecule has 3 aromatic rings. The number of pyridine rings is 1. The molecule has 1 aliphatic rings. The summed E-state index contributed by atoms with van der Waals surface area (Å²) < 4.78 is 0. The summed E-state index contributed by atoms with van der Waals surface area (Å²) in [5.41, 5.74) is 4.81. The zero-order valence-corrected chi connectivity index (χ0v) is 14.7. The van der Waals surface area contributed by atoms with Crippen molar-refractivity contribution >= 4 is 22.8 Å². The number of anilines is 1. The fourth-order valence-corrected chi connectivity index (χ4v) is 3.27. The minimum atomic E-state index is -0.104. The molecule has 0 saturated heterocycles. The standard InChI is InChI=1S/C20H20N4O/c1-12-9-13(2)18-15(11-16(14-5-6-14)23-17(18)10-12)19(25)24(3)20-21-7-4-8-22-20/h4,7-11,14H,5-6H2,1-3H3. The lowest BCUT2D eigenvalue weighted by Crippen LogP contribution is -2.28. The number of aryl methyl sites for hydroxylation is 2. The number of carbonyl (C=O) groups excluding carboxylic acids is 1. The Bertz CT molecular complexity index is 964. The first-order chi connectivity index (χ1) is 12.0. The van der Waals surface area contributed by atoms with Gasteiger partial charge in [0.05, 0.1) is 11.1 Å². The molecule has 1 aliphatic carbocycles. The summed E-state index contributed by atoms with van der Waals surface area (Å²) in [7, 11) is 1.71. The van der Waals surface area contributed by atoms with Crippen LogP contribution in [0.5, 0.6) is 0 Å². The maximum atomic E-state index is 13.2. The van der Waals surface area contributed by atoms with Gasteiger partial charge in [-0.2, -0.15) is 0 Å². The summed E-state index contributed by atoms with van der Waals surface area (Å²) >= 11 is 0. The molecule has 126 valence electrons. The minimum Gasteiger partial charge on any atom is -0.280 e. The van der Waals surface area contributed by atoms with Crippen LogP contribution in [0.25, 0.3) is 10.9 Å². The van der Waals surface area contributed by atoms with Crippen molar-refractivity contribution in [3.8, 4) is 0 Å². The van der Waals surface area contributed by atoms with E-state index in [1.165, 1.54) is 4.90 Å². The summed E-state index contributed by atoms with van der Waals surface area (Å²) in [4.78, 5) is 27.9. The Morgan fingerprint density at radius 2 is 1.84 bits per heavy atom. The van der Waals surface area contributed by atoms with Crippen molar-refractivity contribution < 1.29 is 4.79 Å². The highest BCUT2D eigenvalue weighted by Gasteiger charge is 2.28. The topological polar surface area (TPSA) is 59.0 Å². The molecule has 25 heavy (non-hydrogen) atoms. The van der Waals surface area contributed by atoms with E-state index in [0.29, 0.717) is 17.4 Å². The zero-order valence-electron chi connectivity index (χ0n) is 14.7. The van der Waals surface area contributed by atoms with Crippen molar-refractivity contribution in [1.29, 1.82) is 0 Å². The first-order valence-electron chi connectivity index (χ1n) is 8.51. The van der Waals surface area contributed by atoms with Crippen LogP contribution >= 0.6 is 0 Å². The van der Waals surface area contributed by atoms with E-state index in [-0.39, 0.29) is 5.91 Å². The lowest BCUT2D eigenvalue weighted by atomic mass is 9.99. The Kier molecular flexibility index (Phi) is 3.71. The van der Waals surface area contributed by atoms with Crippen molar-refractivity contribution in [3.05, 3.63) is 59.0 Å². The van der Waals surface area contributed by atoms with Gasteiger partial charge in [-0.25, -0.2) is 9.97 Å². The van der Waals surface area contributed by atoms with Gasteiger partial charge in [0, 0.05) is 36.4 Å². The molecule has 2 heterocycles. The summed E-state index contributed by atoms with van der Waals surface area (Å²) in [5, 5.41) is 0.919. The van der Waals surface area contributed by atoms with Crippen LogP contribution in [0.3, 0.4) is 0 Å². The highest BCUT2D eigenvalue weighted by atomic mass is 16.2. The van der Waals surface area contributed by atoms with Gasteiger partial charge in [0.2, 0.25) is 5.95 Å². The van der Waals surface area contributed by atoms with Crippen LogP contribution in [-0.2, 0) is 0 Å². The van der Waals surface area contributed by atoms with E-state index in [1.54, 1.807) is 25.5 Å². The fraction of sp³-hybridized carbons (Fsp3) is 0.300. The zero-order chi connectivity index (χ0) is 17.6. The molecule has 0 atom stereocenters. The molecule has 0 radical (unpaired) electrons. The molecule has 1 saturated carbocycles. The van der Waals surface area contributed by atoms with Crippen LogP contribution in [0.4, 0.5) is 5.95 Å². The predicted octanol–water partition coefficient (Wildman–Crippen LogP) is 3.80. The van der Waals surface area contributed by atoms with Crippen LogP contribution in [0.2, 0.25) is 0 Å². The lowest BCUT2D eigenvalue weighted by molar-refractivity contribution is 0.0993. The number of nitrogens with zero attached hydrogens (tertiary/aromatic N) is 4. The second-order valence-electron chi connectivity index (χ2n) is 6.76. The molecule has 1 amide bonds. The Labute approximate surface area is 146 Å². The summed E-state index contributed by atoms with van der Waals surface area (Å²) in [5.74, 6) is 0.776. The van der Waals surface area contributed by atoms with E-state index in [4.69, 9.17) is 4.98 Å². The van der Waals surface area contributed by atoms with Crippen LogP contribution in [0.15, 0.2) is 36.7 Å². The second-order valence-corrected chi connectivity index (χ2v) is 6.76. The first kappa shape index (κ1) is 15.7. The Hall–Kier alpha value is -2.82. The van der Waals surface area contributed by atoms with Gasteiger partial charge in [-0.15, -0.1) is 0 Å². The number of aromatic nitrogens is 3. The number of hydrogen-bond donors (Lipinski definition) is 0. The van der Waals surface area contributed by atoms with E-state index in [2.05, 4.69) is 29.0 Å². The highest BCUT2D eigenvalue weighted by Crippen LogP contribution is 2.40. The number of benzene rings is 1. The minimum absolute atomic E-state index is 0.104. The molecule has 0 unspecified atom stereocenters. The summed E-state index contributed by atoms with van der Waals surface area (Å²) in [6.07, 6.45) is 5.57.